The Hall–Kier alpha value is -5.16. The van der Waals surface area contributed by atoms with Crippen molar-refractivity contribution in [2.45, 2.75) is 138 Å². The summed E-state index contributed by atoms with van der Waals surface area (Å²) in [6, 6.07) is 9.09. The van der Waals surface area contributed by atoms with Crippen LogP contribution in [0.1, 0.15) is 138 Å². The van der Waals surface area contributed by atoms with Crippen LogP contribution in [0.15, 0.2) is 67.5 Å². The van der Waals surface area contributed by atoms with Gasteiger partial charge < -0.3 is 14.7 Å². The van der Waals surface area contributed by atoms with Crippen molar-refractivity contribution in [1.82, 2.24) is 14.7 Å². The topological polar surface area (TPSA) is 165 Å². The van der Waals surface area contributed by atoms with Crippen LogP contribution in [0, 0.1) is 80.6 Å². The summed E-state index contributed by atoms with van der Waals surface area (Å²) in [5.41, 5.74) is 4.96. The summed E-state index contributed by atoms with van der Waals surface area (Å²) in [6.45, 7) is 34.1. The monoisotopic (exact) mass is 997 g/mol. The van der Waals surface area contributed by atoms with Gasteiger partial charge in [-0.25, -0.2) is 9.69 Å². The van der Waals surface area contributed by atoms with Crippen LogP contribution in [0.2, 0.25) is 0 Å². The van der Waals surface area contributed by atoms with E-state index in [2.05, 4.69) is 90.2 Å². The lowest BCUT2D eigenvalue weighted by Crippen LogP contribution is -2.30. The molecule has 6 rings (SSSR count). The molecule has 6 aliphatic rings. The zero-order valence-corrected chi connectivity index (χ0v) is 44.5. The molecule has 0 spiro atoms. The van der Waals surface area contributed by atoms with E-state index in [1.807, 2.05) is 0 Å². The predicted molar refractivity (Wildman–Crippen MR) is 279 cm³/mol. The maximum atomic E-state index is 14.0. The minimum absolute atomic E-state index is 0.00241. The van der Waals surface area contributed by atoms with Gasteiger partial charge in [0.25, 0.3) is 0 Å². The molecule has 0 amide bonds. The van der Waals surface area contributed by atoms with Gasteiger partial charge in [-0.15, -0.1) is 0 Å². The smallest absolute Gasteiger partial charge is 0.233 e. The molecule has 3 fully saturated rings. The van der Waals surface area contributed by atoms with Crippen LogP contribution in [-0.4, -0.2) is 86.6 Å². The van der Waals surface area contributed by atoms with E-state index < -0.39 is 0 Å². The second-order valence-electron chi connectivity index (χ2n) is 21.9. The Morgan fingerprint density at radius 3 is 1.23 bits per heavy atom. The minimum Gasteiger partial charge on any atom is -0.384 e. The maximum absolute atomic E-state index is 14.0. The van der Waals surface area contributed by atoms with E-state index in [0.717, 1.165) is 130 Å². The second kappa shape index (κ2) is 23.8. The van der Waals surface area contributed by atoms with Crippen molar-refractivity contribution in [3.8, 4) is 24.3 Å². The largest absolute Gasteiger partial charge is 0.384 e. The molecule has 0 bridgehead atoms. The number of carbonyl (C=O) groups is 3. The Kier molecular flexibility index (Phi) is 18.4. The molecule has 0 aromatic heterocycles. The van der Waals surface area contributed by atoms with Crippen molar-refractivity contribution >= 4 is 50.6 Å². The Balaban J connectivity index is 1.21. The lowest BCUT2D eigenvalue weighted by molar-refractivity contribution is -0.108. The van der Waals surface area contributed by atoms with Crippen molar-refractivity contribution in [2.75, 3.05) is 56.5 Å². The van der Waals surface area contributed by atoms with E-state index in [4.69, 9.17) is 13.1 Å². The van der Waals surface area contributed by atoms with Gasteiger partial charge in [-0.2, -0.15) is 21.0 Å². The van der Waals surface area contributed by atoms with Crippen LogP contribution < -0.4 is 0 Å². The quantitative estimate of drug-likeness (QED) is 0.0865. The highest BCUT2D eigenvalue weighted by atomic mass is 32.2. The maximum Gasteiger partial charge on any atom is 0.233 e. The second-order valence-corrected chi connectivity index (χ2v) is 25.1. The third-order valence-corrected chi connectivity index (χ3v) is 17.3. The number of nitriles is 4. The molecule has 3 saturated heterocycles. The molecular weight excluding hydrogens is 931 g/mol. The van der Waals surface area contributed by atoms with Crippen molar-refractivity contribution in [3.05, 3.63) is 90.3 Å². The van der Waals surface area contributed by atoms with E-state index in [-0.39, 0.29) is 54.4 Å². The molecule has 0 saturated carbocycles. The molecular formula is C55H67N9O3S3. The number of thioether (sulfide) groups is 3. The van der Waals surface area contributed by atoms with Crippen LogP contribution in [0.4, 0.5) is 0 Å². The first-order valence-electron chi connectivity index (χ1n) is 24.9. The fourth-order valence-corrected chi connectivity index (χ4v) is 14.0. The first kappa shape index (κ1) is 54.2. The van der Waals surface area contributed by atoms with Crippen LogP contribution >= 0.6 is 35.3 Å². The molecule has 15 heteroatoms. The molecule has 0 unspecified atom stereocenters. The third-order valence-electron chi connectivity index (χ3n) is 14.5. The van der Waals surface area contributed by atoms with Gasteiger partial charge >= 0.3 is 0 Å². The molecule has 70 heavy (non-hydrogen) atoms. The Labute approximate surface area is 429 Å². The van der Waals surface area contributed by atoms with Gasteiger partial charge in [-0.05, 0) is 135 Å². The number of hydrogen-bond acceptors (Lipinski definition) is 13. The molecule has 0 radical (unpaired) electrons. The summed E-state index contributed by atoms with van der Waals surface area (Å²) in [5, 5.41) is 40.6. The average Bonchev–Trinajstić information content (AvgIpc) is 4.14. The van der Waals surface area contributed by atoms with Crippen LogP contribution in [0.25, 0.3) is 9.69 Å². The Morgan fingerprint density at radius 1 is 0.543 bits per heavy atom. The number of nitrogens with zero attached hydrogens (tertiary/aromatic N) is 9. The SMILES string of the molecule is [C-]#[N+]C1=C(N2CCCC2)CC(C)(C)C/C1=C(/[N+]#[C-])C(=O)SCCC(CCSC(=O)/C(C#N)=C1\CC(C)(C)CC(N2CCCC2)=C1C#N)CCSC(=O)/C(C#N)=C1\CC(C)(C)CC(N2CCCC2)=C1C#N. The zero-order valence-electron chi connectivity index (χ0n) is 42.0. The van der Waals surface area contributed by atoms with Crippen LogP contribution in [0.5, 0.6) is 0 Å². The first-order chi connectivity index (χ1) is 33.4. The molecule has 0 atom stereocenters. The van der Waals surface area contributed by atoms with Crippen LogP contribution in [-0.2, 0) is 14.4 Å². The van der Waals surface area contributed by atoms with Gasteiger partial charge in [-0.1, -0.05) is 76.8 Å². The highest BCUT2D eigenvalue weighted by molar-refractivity contribution is 8.14. The van der Waals surface area contributed by atoms with E-state index in [9.17, 15) is 35.4 Å². The van der Waals surface area contributed by atoms with E-state index >= 15 is 0 Å². The summed E-state index contributed by atoms with van der Waals surface area (Å²) >= 11 is 3.16. The molecule has 3 heterocycles. The molecule has 3 aliphatic heterocycles. The number of carbonyl (C=O) groups excluding carboxylic acids is 3. The van der Waals surface area contributed by atoms with Gasteiger partial charge in [0, 0.05) is 73.6 Å². The fraction of sp³-hybridized carbons (Fsp3) is 0.618. The van der Waals surface area contributed by atoms with Gasteiger partial charge in [0.15, 0.2) is 5.70 Å². The molecule has 12 nitrogen and oxygen atoms in total. The molecule has 0 N–H and O–H groups in total. The summed E-state index contributed by atoms with van der Waals surface area (Å²) < 4.78 is 0. The number of hydrogen-bond donors (Lipinski definition) is 0. The van der Waals surface area contributed by atoms with E-state index in [0.29, 0.717) is 109 Å². The summed E-state index contributed by atoms with van der Waals surface area (Å²) in [5.74, 6) is 1.00. The number of likely N-dealkylation sites (tertiary alicyclic amines) is 3. The number of allylic oxidation sites excluding steroid dienone is 8. The first-order valence-corrected chi connectivity index (χ1v) is 27.9. The molecule has 368 valence electrons. The van der Waals surface area contributed by atoms with Crippen molar-refractivity contribution in [1.29, 1.82) is 21.0 Å². The van der Waals surface area contributed by atoms with Gasteiger partial charge in [0.05, 0.1) is 24.3 Å². The summed E-state index contributed by atoms with van der Waals surface area (Å²) in [4.78, 5) is 56.4. The standard InChI is InChI=1S/C55H67N9O3S3/c1-53(2)27-38(41(33-56)45(30-53)62-18-9-10-19-62)43(35-58)50(65)68-24-15-37(16-25-69-51(66)44(36-59)39-28-54(3,4)31-46(42(39)34-57)63-20-11-12-21-63)17-26-70-52(67)49(61-8)40-29-55(5,6)32-47(48(40)60-7)64-22-13-14-23-64/h37H,9-32H2,1-6H3/b43-38+,44-39+,49-40-. The molecule has 0 aromatic carbocycles. The van der Waals surface area contributed by atoms with Crippen molar-refractivity contribution < 1.29 is 14.4 Å². The lowest BCUT2D eigenvalue weighted by Gasteiger charge is -2.37. The Morgan fingerprint density at radius 2 is 0.886 bits per heavy atom. The summed E-state index contributed by atoms with van der Waals surface area (Å²) in [6.07, 6.45) is 11.3. The zero-order chi connectivity index (χ0) is 50.8. The van der Waals surface area contributed by atoms with Crippen molar-refractivity contribution in [2.24, 2.45) is 22.2 Å². The van der Waals surface area contributed by atoms with E-state index in [1.54, 1.807) is 0 Å². The van der Waals surface area contributed by atoms with Gasteiger partial charge in [0.2, 0.25) is 21.0 Å². The average molecular weight is 998 g/mol. The van der Waals surface area contributed by atoms with Gasteiger partial charge in [-0.3, -0.25) is 14.4 Å². The van der Waals surface area contributed by atoms with Crippen LogP contribution in [0.3, 0.4) is 0 Å². The lowest BCUT2D eigenvalue weighted by atomic mass is 9.72. The molecule has 3 aliphatic carbocycles. The molecule has 0 aromatic rings. The highest BCUT2D eigenvalue weighted by Gasteiger charge is 2.40. The predicted octanol–water partition coefficient (Wildman–Crippen LogP) is 11.8. The summed E-state index contributed by atoms with van der Waals surface area (Å²) in [7, 11) is 0. The van der Waals surface area contributed by atoms with E-state index in [1.165, 1.54) is 0 Å². The van der Waals surface area contributed by atoms with Crippen molar-refractivity contribution in [3.63, 3.8) is 0 Å². The van der Waals surface area contributed by atoms with Gasteiger partial charge in [0.1, 0.15) is 35.4 Å². The number of rotatable bonds is 15. The third kappa shape index (κ3) is 13.0. The highest BCUT2D eigenvalue weighted by Crippen LogP contribution is 2.48. The normalized spacial score (nSPS) is 23.0. The fourth-order valence-electron chi connectivity index (χ4n) is 11.1. The Bertz CT molecular complexity index is 2290. The minimum atomic E-state index is -0.382.